The number of likely N-dealkylation sites (tertiary alicyclic amines) is 2. The molecule has 4 amide bonds. The number of benzene rings is 2. The third-order valence-electron chi connectivity index (χ3n) is 11.1. The van der Waals surface area contributed by atoms with Crippen LogP contribution in [0.25, 0.3) is 33.4 Å². The zero-order chi connectivity index (χ0) is 36.9. The molecule has 0 bridgehead atoms. The van der Waals surface area contributed by atoms with Gasteiger partial charge >= 0.3 is 0 Å². The largest absolute Gasteiger partial charge is 0.360 e. The molecule has 16 heteroatoms. The van der Waals surface area contributed by atoms with Gasteiger partial charge in [0.15, 0.2) is 0 Å². The zero-order valence-corrected chi connectivity index (χ0v) is 30.1. The lowest BCUT2D eigenvalue weighted by molar-refractivity contribution is -0.136. The number of aromatic amines is 1. The van der Waals surface area contributed by atoms with Crippen molar-refractivity contribution in [3.05, 3.63) is 77.2 Å². The summed E-state index contributed by atoms with van der Waals surface area (Å²) in [5, 5.41) is 16.2. The average molecular weight is 748 g/mol. The van der Waals surface area contributed by atoms with Crippen LogP contribution in [0.15, 0.2) is 61.1 Å². The molecule has 0 spiro atoms. The van der Waals surface area contributed by atoms with Gasteiger partial charge in [-0.05, 0) is 43.9 Å². The van der Waals surface area contributed by atoms with Gasteiger partial charge in [0.05, 0.1) is 40.3 Å². The molecule has 54 heavy (non-hydrogen) atoms. The number of fused-ring (bicyclic) bond motifs is 2. The minimum absolute atomic E-state index is 0.0742. The van der Waals surface area contributed by atoms with Crippen molar-refractivity contribution in [1.82, 2.24) is 50.0 Å². The number of halogens is 1. The monoisotopic (exact) mass is 747 g/mol. The molecule has 4 aliphatic rings. The number of para-hydroxylation sites is 1. The van der Waals surface area contributed by atoms with Gasteiger partial charge in [0.2, 0.25) is 17.8 Å². The molecule has 2 atom stereocenters. The molecule has 7 heterocycles. The van der Waals surface area contributed by atoms with E-state index in [-0.39, 0.29) is 36.1 Å². The van der Waals surface area contributed by atoms with Gasteiger partial charge in [-0.1, -0.05) is 41.1 Å². The van der Waals surface area contributed by atoms with Crippen LogP contribution in [0, 0.1) is 0 Å². The summed E-state index contributed by atoms with van der Waals surface area (Å²) < 4.78 is 1.90. The topological polar surface area (TPSA) is 174 Å². The van der Waals surface area contributed by atoms with Crippen LogP contribution in [0.3, 0.4) is 0 Å². The summed E-state index contributed by atoms with van der Waals surface area (Å²) in [5.41, 5.74) is 4.44. The number of H-pyrrole nitrogens is 1. The number of nitrogens with one attached hydrogen (secondary N) is 3. The molecule has 3 saturated heterocycles. The first kappa shape index (κ1) is 34.3. The van der Waals surface area contributed by atoms with E-state index < -0.39 is 29.7 Å². The first-order valence-electron chi connectivity index (χ1n) is 18.4. The van der Waals surface area contributed by atoms with Gasteiger partial charge in [0.1, 0.15) is 11.7 Å². The maximum atomic E-state index is 13.3. The molecule has 4 aliphatic heterocycles. The van der Waals surface area contributed by atoms with Crippen LogP contribution in [-0.4, -0.2) is 120 Å². The lowest BCUT2D eigenvalue weighted by atomic mass is 10.0. The molecule has 2 aromatic carbocycles. The van der Waals surface area contributed by atoms with Crippen LogP contribution >= 0.6 is 11.6 Å². The van der Waals surface area contributed by atoms with Gasteiger partial charge in [-0.15, -0.1) is 5.10 Å². The Morgan fingerprint density at radius 3 is 2.54 bits per heavy atom. The molecule has 0 aliphatic carbocycles. The molecule has 3 fully saturated rings. The summed E-state index contributed by atoms with van der Waals surface area (Å²) >= 11 is 6.54. The summed E-state index contributed by atoms with van der Waals surface area (Å²) in [5.74, 6) is -1.53. The molecule has 0 radical (unpaired) electrons. The highest BCUT2D eigenvalue weighted by molar-refractivity contribution is 6.33. The lowest BCUT2D eigenvalue weighted by Crippen LogP contribution is -2.54. The standard InChI is InChI=1S/C38H38ClN11O4/c39-29-19-41-38(44-34(29)28-18-40-30-4-2-1-3-25(28)30)42-23-9-12-48(20-23)16-15-47-13-10-24(11-14-47)49-21-31(45-46-49)22-5-6-26-27(17-22)37(54)50(36(26)53)32-7-8-33(51)43-35(32)52/h1-6,17-19,21,23-24,32,40H,7-16,20H2,(H,41,42,44)(H,43,51,52)/t23-,32?/m1/s1. The van der Waals surface area contributed by atoms with E-state index >= 15 is 0 Å². The number of hydrogen-bond acceptors (Lipinski definition) is 11. The molecule has 15 nitrogen and oxygen atoms in total. The molecule has 276 valence electrons. The number of amides is 4. The molecule has 0 saturated carbocycles. The van der Waals surface area contributed by atoms with Gasteiger partial charge < -0.3 is 15.2 Å². The molecule has 3 aromatic heterocycles. The fourth-order valence-corrected chi connectivity index (χ4v) is 8.33. The van der Waals surface area contributed by atoms with E-state index in [1.165, 1.54) is 0 Å². The Labute approximate surface area is 315 Å². The van der Waals surface area contributed by atoms with E-state index in [9.17, 15) is 19.2 Å². The number of anilines is 1. The summed E-state index contributed by atoms with van der Waals surface area (Å²) in [6.07, 6.45) is 8.59. The Morgan fingerprint density at radius 2 is 1.69 bits per heavy atom. The smallest absolute Gasteiger partial charge is 0.262 e. The number of nitrogens with zero attached hydrogens (tertiary/aromatic N) is 8. The van der Waals surface area contributed by atoms with Gasteiger partial charge in [-0.2, -0.15) is 0 Å². The predicted octanol–water partition coefficient (Wildman–Crippen LogP) is 3.76. The molecule has 9 rings (SSSR count). The fraction of sp³-hybridized carbons (Fsp3) is 0.368. The highest BCUT2D eigenvalue weighted by Crippen LogP contribution is 2.34. The van der Waals surface area contributed by atoms with Crippen molar-refractivity contribution < 1.29 is 19.2 Å². The Balaban J connectivity index is 0.760. The molecular weight excluding hydrogens is 710 g/mol. The predicted molar refractivity (Wildman–Crippen MR) is 200 cm³/mol. The highest BCUT2D eigenvalue weighted by atomic mass is 35.5. The minimum Gasteiger partial charge on any atom is -0.360 e. The average Bonchev–Trinajstić information content (AvgIpc) is 3.99. The quantitative estimate of drug-likeness (QED) is 0.187. The Morgan fingerprint density at radius 1 is 0.889 bits per heavy atom. The third-order valence-corrected chi connectivity index (χ3v) is 11.4. The number of hydrogen-bond donors (Lipinski definition) is 3. The maximum Gasteiger partial charge on any atom is 0.262 e. The summed E-state index contributed by atoms with van der Waals surface area (Å²) in [4.78, 5) is 69.0. The van der Waals surface area contributed by atoms with Gasteiger partial charge in [-0.25, -0.2) is 14.6 Å². The molecule has 1 unspecified atom stereocenters. The van der Waals surface area contributed by atoms with Crippen molar-refractivity contribution in [2.75, 3.05) is 44.6 Å². The molecular formula is C38H38ClN11O4. The van der Waals surface area contributed by atoms with Crippen LogP contribution < -0.4 is 10.6 Å². The van der Waals surface area contributed by atoms with Gasteiger partial charge in [0, 0.05) is 80.0 Å². The number of carbonyl (C=O) groups is 4. The second-order valence-corrected chi connectivity index (χ2v) is 14.8. The third kappa shape index (κ3) is 6.41. The van der Waals surface area contributed by atoms with Gasteiger partial charge in [0.25, 0.3) is 11.8 Å². The number of piperidine rings is 2. The minimum atomic E-state index is -1.00. The van der Waals surface area contributed by atoms with Crippen LogP contribution in [0.5, 0.6) is 0 Å². The van der Waals surface area contributed by atoms with E-state index in [0.717, 1.165) is 79.9 Å². The number of rotatable bonds is 9. The van der Waals surface area contributed by atoms with Crippen LogP contribution in [0.4, 0.5) is 5.95 Å². The van der Waals surface area contributed by atoms with E-state index in [4.69, 9.17) is 16.6 Å². The number of carbonyl (C=O) groups excluding carboxylic acids is 4. The Kier molecular flexibility index (Phi) is 8.91. The van der Waals surface area contributed by atoms with Crippen LogP contribution in [-0.2, 0) is 9.59 Å². The number of imide groups is 2. The highest BCUT2D eigenvalue weighted by Gasteiger charge is 2.44. The van der Waals surface area contributed by atoms with Crippen LogP contribution in [0.1, 0.15) is 58.9 Å². The maximum absolute atomic E-state index is 13.3. The van der Waals surface area contributed by atoms with Crippen molar-refractivity contribution in [2.45, 2.75) is 50.2 Å². The van der Waals surface area contributed by atoms with E-state index in [0.29, 0.717) is 27.9 Å². The summed E-state index contributed by atoms with van der Waals surface area (Å²) in [7, 11) is 0. The van der Waals surface area contributed by atoms with Crippen LogP contribution in [0.2, 0.25) is 5.02 Å². The first-order chi connectivity index (χ1) is 26.3. The molecule has 5 aromatic rings. The Bertz CT molecular complexity index is 2300. The number of aromatic nitrogens is 6. The van der Waals surface area contributed by atoms with E-state index in [1.807, 2.05) is 35.3 Å². The van der Waals surface area contributed by atoms with Crippen molar-refractivity contribution in [3.8, 4) is 22.5 Å². The second kappa shape index (κ2) is 14.0. The zero-order valence-electron chi connectivity index (χ0n) is 29.4. The molecule has 3 N–H and O–H groups in total. The summed E-state index contributed by atoms with van der Waals surface area (Å²) in [6, 6.07) is 12.5. The summed E-state index contributed by atoms with van der Waals surface area (Å²) in [6.45, 7) is 5.81. The normalized spacial score (nSPS) is 21.3. The fourth-order valence-electron chi connectivity index (χ4n) is 8.14. The van der Waals surface area contributed by atoms with E-state index in [2.05, 4.69) is 46.8 Å². The lowest BCUT2D eigenvalue weighted by Gasteiger charge is -2.32. The van der Waals surface area contributed by atoms with Gasteiger partial charge in [-0.3, -0.25) is 34.3 Å². The Hall–Kier alpha value is -5.51. The van der Waals surface area contributed by atoms with Crippen molar-refractivity contribution in [2.24, 2.45) is 0 Å². The SMILES string of the molecule is O=C1CCC(N2C(=O)c3ccc(-c4cn(C5CCN(CCN6CC[C@@H](Nc7ncc(Cl)c(-c8c[nH]c9ccccc89)n7)C6)CC5)nn4)cc3C2=O)C(=O)N1. The van der Waals surface area contributed by atoms with E-state index in [1.54, 1.807) is 24.4 Å². The van der Waals surface area contributed by atoms with Crippen molar-refractivity contribution in [3.63, 3.8) is 0 Å². The van der Waals surface area contributed by atoms with Crippen molar-refractivity contribution in [1.29, 1.82) is 0 Å². The van der Waals surface area contributed by atoms with Crippen molar-refractivity contribution >= 4 is 52.1 Å². The first-order valence-corrected chi connectivity index (χ1v) is 18.7. The second-order valence-electron chi connectivity index (χ2n) is 14.4.